The summed E-state index contributed by atoms with van der Waals surface area (Å²) in [5.74, 6) is 0.609. The molecule has 1 aromatic rings. The van der Waals surface area contributed by atoms with Crippen LogP contribution in [0.1, 0.15) is 12.8 Å². The van der Waals surface area contributed by atoms with Gasteiger partial charge >= 0.3 is 5.69 Å². The van der Waals surface area contributed by atoms with Gasteiger partial charge in [0.15, 0.2) is 0 Å². The van der Waals surface area contributed by atoms with Crippen molar-refractivity contribution in [2.45, 2.75) is 12.8 Å². The molecule has 1 aliphatic rings. The minimum atomic E-state index is -0.486. The number of anilines is 2. The Morgan fingerprint density at radius 2 is 2.10 bits per heavy atom. The summed E-state index contributed by atoms with van der Waals surface area (Å²) in [5.41, 5.74) is -0.118. The van der Waals surface area contributed by atoms with Crippen LogP contribution in [0.2, 0.25) is 0 Å². The van der Waals surface area contributed by atoms with Crippen molar-refractivity contribution >= 4 is 23.4 Å². The molecule has 0 saturated carbocycles. The van der Waals surface area contributed by atoms with Crippen LogP contribution in [0.15, 0.2) is 6.20 Å². The molecule has 1 aliphatic heterocycles. The molecule has 2 rings (SSSR count). The number of hydrogen-bond donors (Lipinski definition) is 2. The van der Waals surface area contributed by atoms with Gasteiger partial charge in [-0.15, -0.1) is 0 Å². The normalized spacial score (nSPS) is 15.6. The van der Waals surface area contributed by atoms with Gasteiger partial charge in [0.05, 0.1) is 4.92 Å². The quantitative estimate of drug-likeness (QED) is 0.610. The predicted molar refractivity (Wildman–Crippen MR) is 77.2 cm³/mol. The zero-order valence-electron chi connectivity index (χ0n) is 12.0. The second-order valence-electron chi connectivity index (χ2n) is 4.79. The highest BCUT2D eigenvalue weighted by Gasteiger charge is 2.29. The van der Waals surface area contributed by atoms with Crippen LogP contribution in [0.4, 0.5) is 17.5 Å². The van der Waals surface area contributed by atoms with Crippen molar-refractivity contribution in [3.05, 3.63) is 16.3 Å². The maximum atomic E-state index is 11.6. The summed E-state index contributed by atoms with van der Waals surface area (Å²) in [5, 5.41) is 16.5. The number of carbonyl (C=O) groups excluding carboxylic acids is 1. The van der Waals surface area contributed by atoms with Gasteiger partial charge in [0, 0.05) is 33.1 Å². The molecule has 9 nitrogen and oxygen atoms in total. The Bertz CT molecular complexity index is 542. The zero-order valence-corrected chi connectivity index (χ0v) is 12.0. The number of nitrogens with zero attached hydrogens (tertiary/aromatic N) is 4. The van der Waals surface area contributed by atoms with E-state index in [0.717, 1.165) is 0 Å². The van der Waals surface area contributed by atoms with E-state index in [-0.39, 0.29) is 17.5 Å². The molecule has 0 radical (unpaired) electrons. The Labute approximate surface area is 121 Å². The van der Waals surface area contributed by atoms with Crippen molar-refractivity contribution in [1.82, 2.24) is 15.3 Å². The van der Waals surface area contributed by atoms with E-state index in [2.05, 4.69) is 20.6 Å². The minimum absolute atomic E-state index is 0.0164. The van der Waals surface area contributed by atoms with Crippen LogP contribution in [-0.2, 0) is 4.79 Å². The molecule has 0 aromatic carbocycles. The van der Waals surface area contributed by atoms with E-state index in [9.17, 15) is 14.9 Å². The number of nitrogens with one attached hydrogen (secondary N) is 2. The van der Waals surface area contributed by atoms with E-state index < -0.39 is 4.92 Å². The van der Waals surface area contributed by atoms with Gasteiger partial charge in [0.2, 0.25) is 17.7 Å². The van der Waals surface area contributed by atoms with Crippen molar-refractivity contribution in [3.8, 4) is 0 Å². The Kier molecular flexibility index (Phi) is 4.51. The number of piperidine rings is 1. The Morgan fingerprint density at radius 3 is 2.62 bits per heavy atom. The molecule has 2 heterocycles. The number of hydrogen-bond acceptors (Lipinski definition) is 7. The lowest BCUT2D eigenvalue weighted by molar-refractivity contribution is -0.384. The van der Waals surface area contributed by atoms with E-state index in [4.69, 9.17) is 0 Å². The number of rotatable bonds is 4. The van der Waals surface area contributed by atoms with Crippen molar-refractivity contribution in [2.75, 3.05) is 37.4 Å². The Hall–Kier alpha value is -2.45. The first-order valence-corrected chi connectivity index (χ1v) is 6.72. The maximum Gasteiger partial charge on any atom is 0.329 e. The molecule has 1 aromatic heterocycles. The molecular formula is C12H18N6O3. The van der Waals surface area contributed by atoms with Crippen LogP contribution in [0.3, 0.4) is 0 Å². The summed E-state index contributed by atoms with van der Waals surface area (Å²) >= 11 is 0. The molecule has 0 spiro atoms. The molecule has 1 fully saturated rings. The largest absolute Gasteiger partial charge is 0.359 e. The number of carbonyl (C=O) groups is 1. The summed E-state index contributed by atoms with van der Waals surface area (Å²) in [6.45, 7) is 1.11. The van der Waals surface area contributed by atoms with Gasteiger partial charge in [-0.3, -0.25) is 14.9 Å². The van der Waals surface area contributed by atoms with Crippen molar-refractivity contribution in [3.63, 3.8) is 0 Å². The molecule has 0 aliphatic carbocycles. The fraction of sp³-hybridized carbons (Fsp3) is 0.583. The summed E-state index contributed by atoms with van der Waals surface area (Å²) in [6, 6.07) is 0. The lowest BCUT2D eigenvalue weighted by Gasteiger charge is -2.31. The standard InChI is InChI=1S/C12H18N6O3/c1-13-11(19)8-3-5-17(6-4-8)10-9(18(20)21)7-15-12(14-2)16-10/h7-8H,3-6H2,1-2H3,(H,13,19)(H,14,15,16). The highest BCUT2D eigenvalue weighted by atomic mass is 16.6. The molecule has 2 N–H and O–H groups in total. The molecule has 9 heteroatoms. The van der Waals surface area contributed by atoms with E-state index in [0.29, 0.717) is 37.7 Å². The lowest BCUT2D eigenvalue weighted by atomic mass is 9.96. The van der Waals surface area contributed by atoms with Gasteiger partial charge in [-0.2, -0.15) is 4.98 Å². The number of amides is 1. The first-order chi connectivity index (χ1) is 10.1. The minimum Gasteiger partial charge on any atom is -0.359 e. The monoisotopic (exact) mass is 294 g/mol. The molecular weight excluding hydrogens is 276 g/mol. The maximum absolute atomic E-state index is 11.6. The molecule has 1 saturated heterocycles. The molecule has 0 atom stereocenters. The fourth-order valence-corrected chi connectivity index (χ4v) is 2.41. The third-order valence-corrected chi connectivity index (χ3v) is 3.58. The summed E-state index contributed by atoms with van der Waals surface area (Å²) < 4.78 is 0. The van der Waals surface area contributed by atoms with Gasteiger partial charge < -0.3 is 15.5 Å². The van der Waals surface area contributed by atoms with E-state index in [1.165, 1.54) is 6.20 Å². The second-order valence-corrected chi connectivity index (χ2v) is 4.79. The van der Waals surface area contributed by atoms with Gasteiger partial charge in [-0.1, -0.05) is 0 Å². The highest BCUT2D eigenvalue weighted by Crippen LogP contribution is 2.29. The van der Waals surface area contributed by atoms with Crippen LogP contribution < -0.4 is 15.5 Å². The van der Waals surface area contributed by atoms with Gasteiger partial charge in [-0.25, -0.2) is 4.98 Å². The third-order valence-electron chi connectivity index (χ3n) is 3.58. The molecule has 0 bridgehead atoms. The summed E-state index contributed by atoms with van der Waals surface area (Å²) in [7, 11) is 3.27. The van der Waals surface area contributed by atoms with Crippen LogP contribution in [-0.4, -0.2) is 48.0 Å². The first kappa shape index (κ1) is 14.9. The molecule has 0 unspecified atom stereocenters. The predicted octanol–water partition coefficient (Wildman–Crippen LogP) is 0.389. The van der Waals surface area contributed by atoms with Crippen LogP contribution in [0.25, 0.3) is 0 Å². The van der Waals surface area contributed by atoms with Gasteiger partial charge in [0.25, 0.3) is 0 Å². The van der Waals surface area contributed by atoms with Crippen LogP contribution >= 0.6 is 0 Å². The van der Waals surface area contributed by atoms with Crippen molar-refractivity contribution < 1.29 is 9.72 Å². The Morgan fingerprint density at radius 1 is 1.43 bits per heavy atom. The van der Waals surface area contributed by atoms with E-state index in [1.807, 2.05) is 4.90 Å². The molecule has 21 heavy (non-hydrogen) atoms. The highest BCUT2D eigenvalue weighted by molar-refractivity contribution is 5.78. The number of aromatic nitrogens is 2. The van der Waals surface area contributed by atoms with Crippen LogP contribution in [0.5, 0.6) is 0 Å². The van der Waals surface area contributed by atoms with Gasteiger partial charge in [-0.05, 0) is 12.8 Å². The average molecular weight is 294 g/mol. The first-order valence-electron chi connectivity index (χ1n) is 6.72. The van der Waals surface area contributed by atoms with Crippen LogP contribution in [0, 0.1) is 16.0 Å². The third kappa shape index (κ3) is 3.18. The summed E-state index contributed by atoms with van der Waals surface area (Å²) in [4.78, 5) is 32.1. The zero-order chi connectivity index (χ0) is 15.4. The van der Waals surface area contributed by atoms with Gasteiger partial charge in [0.1, 0.15) is 6.20 Å². The van der Waals surface area contributed by atoms with Crippen molar-refractivity contribution in [1.29, 1.82) is 0 Å². The SMILES string of the molecule is CNC(=O)C1CCN(c2nc(NC)ncc2[N+](=O)[O-])CC1. The fourth-order valence-electron chi connectivity index (χ4n) is 2.41. The molecule has 114 valence electrons. The topological polar surface area (TPSA) is 113 Å². The number of nitro groups is 1. The molecule has 1 amide bonds. The summed E-state index contributed by atoms with van der Waals surface area (Å²) in [6.07, 6.45) is 2.50. The van der Waals surface area contributed by atoms with E-state index in [1.54, 1.807) is 14.1 Å². The average Bonchev–Trinajstić information content (AvgIpc) is 2.53. The van der Waals surface area contributed by atoms with Crippen molar-refractivity contribution in [2.24, 2.45) is 5.92 Å². The van der Waals surface area contributed by atoms with E-state index >= 15 is 0 Å². The Balaban J connectivity index is 2.19. The smallest absolute Gasteiger partial charge is 0.329 e. The second kappa shape index (κ2) is 6.33. The lowest BCUT2D eigenvalue weighted by Crippen LogP contribution is -2.40.